The summed E-state index contributed by atoms with van der Waals surface area (Å²) in [5.41, 5.74) is 2.38. The Balaban J connectivity index is 1.56. The van der Waals surface area contributed by atoms with Gasteiger partial charge in [-0.25, -0.2) is 9.07 Å². The third-order valence-corrected chi connectivity index (χ3v) is 5.39. The lowest BCUT2D eigenvalue weighted by molar-refractivity contribution is 0.0332. The average Bonchev–Trinajstić information content (AvgIpc) is 3.16. The zero-order valence-corrected chi connectivity index (χ0v) is 16.9. The van der Waals surface area contributed by atoms with Crippen LogP contribution >= 0.6 is 0 Å². The highest BCUT2D eigenvalue weighted by Crippen LogP contribution is 2.20. The second-order valence-corrected chi connectivity index (χ2v) is 7.36. The highest BCUT2D eigenvalue weighted by atomic mass is 19.1. The number of rotatable bonds is 6. The van der Waals surface area contributed by atoms with E-state index in [0.29, 0.717) is 36.7 Å². The Bertz CT molecular complexity index is 999. The lowest BCUT2D eigenvalue weighted by Crippen LogP contribution is -2.43. The molecule has 7 heteroatoms. The van der Waals surface area contributed by atoms with Gasteiger partial charge in [-0.2, -0.15) is 5.10 Å². The summed E-state index contributed by atoms with van der Waals surface area (Å²) in [6.07, 6.45) is 1.49. The molecule has 156 valence electrons. The Labute approximate surface area is 175 Å². The van der Waals surface area contributed by atoms with Gasteiger partial charge in [0.25, 0.3) is 5.91 Å². The van der Waals surface area contributed by atoms with Crippen LogP contribution in [0.1, 0.15) is 27.7 Å². The maximum absolute atomic E-state index is 14.2. The maximum atomic E-state index is 14.2. The van der Waals surface area contributed by atoms with Crippen LogP contribution in [0.3, 0.4) is 0 Å². The molecule has 30 heavy (non-hydrogen) atoms. The average molecular weight is 408 g/mol. The third kappa shape index (κ3) is 4.42. The van der Waals surface area contributed by atoms with E-state index in [9.17, 15) is 9.18 Å². The van der Waals surface area contributed by atoms with Crippen molar-refractivity contribution in [1.82, 2.24) is 20.0 Å². The van der Waals surface area contributed by atoms with Gasteiger partial charge in [0.2, 0.25) is 0 Å². The molecule has 0 radical (unpaired) electrons. The first-order chi connectivity index (χ1) is 14.6. The summed E-state index contributed by atoms with van der Waals surface area (Å²) in [5, 5.41) is 7.40. The molecule has 0 saturated carbocycles. The number of amides is 1. The molecule has 1 unspecified atom stereocenters. The smallest absolute Gasteiger partial charge is 0.255 e. The quantitative estimate of drug-likeness (QED) is 0.681. The van der Waals surface area contributed by atoms with Crippen LogP contribution in [0, 0.1) is 12.7 Å². The van der Waals surface area contributed by atoms with Crippen molar-refractivity contribution >= 4 is 5.91 Å². The van der Waals surface area contributed by atoms with Crippen LogP contribution in [0.2, 0.25) is 0 Å². The second-order valence-electron chi connectivity index (χ2n) is 7.36. The van der Waals surface area contributed by atoms with Crippen molar-refractivity contribution in [3.63, 3.8) is 0 Å². The van der Waals surface area contributed by atoms with Crippen molar-refractivity contribution in [2.24, 2.45) is 0 Å². The van der Waals surface area contributed by atoms with E-state index in [-0.39, 0.29) is 17.8 Å². The van der Waals surface area contributed by atoms with Crippen molar-refractivity contribution in [3.8, 4) is 5.69 Å². The number of ether oxygens (including phenoxy) is 1. The molecule has 1 fully saturated rings. The van der Waals surface area contributed by atoms with Crippen LogP contribution in [-0.4, -0.2) is 53.4 Å². The first-order valence-electron chi connectivity index (χ1n) is 10.1. The number of carbonyl (C=O) groups excluding carboxylic acids is 1. The standard InChI is InChI=1S/C23H25FN4O2/c1-17-19(15-25-28(17)22-10-6-5-9-20(22)24)23(29)26-21(18-7-3-2-4-8-18)16-27-11-13-30-14-12-27/h2-10,15,21H,11-14,16H2,1H3,(H,26,29). The number of halogens is 1. The van der Waals surface area contributed by atoms with Gasteiger partial charge in [-0.15, -0.1) is 0 Å². The van der Waals surface area contributed by atoms with Gasteiger partial charge in [0.15, 0.2) is 0 Å². The molecule has 1 aliphatic heterocycles. The molecule has 3 aromatic rings. The second kappa shape index (κ2) is 9.19. The van der Waals surface area contributed by atoms with Gasteiger partial charge in [-0.1, -0.05) is 42.5 Å². The number of para-hydroxylation sites is 1. The summed E-state index contributed by atoms with van der Waals surface area (Å²) in [4.78, 5) is 15.4. The predicted octanol–water partition coefficient (Wildman–Crippen LogP) is 3.12. The fourth-order valence-corrected chi connectivity index (χ4v) is 3.70. The molecular weight excluding hydrogens is 383 g/mol. The van der Waals surface area contributed by atoms with Crippen molar-refractivity contribution in [2.75, 3.05) is 32.8 Å². The molecule has 2 aromatic carbocycles. The van der Waals surface area contributed by atoms with Crippen LogP contribution in [0.25, 0.3) is 5.69 Å². The molecule has 1 aromatic heterocycles. The van der Waals surface area contributed by atoms with E-state index >= 15 is 0 Å². The van der Waals surface area contributed by atoms with Gasteiger partial charge in [-0.05, 0) is 24.6 Å². The van der Waals surface area contributed by atoms with E-state index in [1.54, 1.807) is 25.1 Å². The first kappa shape index (κ1) is 20.3. The van der Waals surface area contributed by atoms with Gasteiger partial charge in [0.05, 0.1) is 36.7 Å². The number of hydrogen-bond donors (Lipinski definition) is 1. The van der Waals surface area contributed by atoms with Crippen LogP contribution in [0.4, 0.5) is 4.39 Å². The van der Waals surface area contributed by atoms with Gasteiger partial charge in [0.1, 0.15) is 11.5 Å². The molecule has 1 atom stereocenters. The molecule has 1 saturated heterocycles. The number of hydrogen-bond acceptors (Lipinski definition) is 4. The molecule has 0 bridgehead atoms. The molecule has 1 aliphatic rings. The van der Waals surface area contributed by atoms with E-state index in [2.05, 4.69) is 15.3 Å². The largest absolute Gasteiger partial charge is 0.379 e. The van der Waals surface area contributed by atoms with Gasteiger partial charge in [-0.3, -0.25) is 9.69 Å². The number of benzene rings is 2. The van der Waals surface area contributed by atoms with E-state index in [1.165, 1.54) is 16.9 Å². The summed E-state index contributed by atoms with van der Waals surface area (Å²) in [6, 6.07) is 16.1. The normalized spacial score (nSPS) is 15.7. The van der Waals surface area contributed by atoms with E-state index < -0.39 is 0 Å². The Morgan fingerprint density at radius 1 is 1.13 bits per heavy atom. The Morgan fingerprint density at radius 3 is 2.57 bits per heavy atom. The Hall–Kier alpha value is -3.03. The zero-order valence-electron chi connectivity index (χ0n) is 16.9. The Morgan fingerprint density at radius 2 is 1.83 bits per heavy atom. The molecule has 0 spiro atoms. The summed E-state index contributed by atoms with van der Waals surface area (Å²) < 4.78 is 21.1. The summed E-state index contributed by atoms with van der Waals surface area (Å²) in [6.45, 7) is 5.54. The first-order valence-corrected chi connectivity index (χ1v) is 10.1. The van der Waals surface area contributed by atoms with Crippen molar-refractivity contribution in [1.29, 1.82) is 0 Å². The summed E-state index contributed by atoms with van der Waals surface area (Å²) in [7, 11) is 0. The topological polar surface area (TPSA) is 59.4 Å². The third-order valence-electron chi connectivity index (χ3n) is 5.39. The lowest BCUT2D eigenvalue weighted by Gasteiger charge is -2.31. The number of carbonyl (C=O) groups is 1. The molecule has 0 aliphatic carbocycles. The minimum Gasteiger partial charge on any atom is -0.379 e. The monoisotopic (exact) mass is 408 g/mol. The Kier molecular flexibility index (Phi) is 6.21. The van der Waals surface area contributed by atoms with E-state index in [0.717, 1.165) is 18.7 Å². The van der Waals surface area contributed by atoms with Crippen molar-refractivity contribution in [3.05, 3.63) is 83.4 Å². The lowest BCUT2D eigenvalue weighted by atomic mass is 10.1. The maximum Gasteiger partial charge on any atom is 0.255 e. The highest BCUT2D eigenvalue weighted by molar-refractivity contribution is 5.95. The van der Waals surface area contributed by atoms with Crippen molar-refractivity contribution < 1.29 is 13.9 Å². The van der Waals surface area contributed by atoms with Crippen LogP contribution in [0.15, 0.2) is 60.8 Å². The van der Waals surface area contributed by atoms with Crippen LogP contribution < -0.4 is 5.32 Å². The SMILES string of the molecule is Cc1c(C(=O)NC(CN2CCOCC2)c2ccccc2)cnn1-c1ccccc1F. The van der Waals surface area contributed by atoms with E-state index in [4.69, 9.17) is 4.74 Å². The number of nitrogens with zero attached hydrogens (tertiary/aromatic N) is 3. The fraction of sp³-hybridized carbons (Fsp3) is 0.304. The molecular formula is C23H25FN4O2. The molecule has 2 heterocycles. The predicted molar refractivity (Wildman–Crippen MR) is 112 cm³/mol. The number of aromatic nitrogens is 2. The van der Waals surface area contributed by atoms with Crippen LogP contribution in [0.5, 0.6) is 0 Å². The van der Waals surface area contributed by atoms with E-state index in [1.807, 2.05) is 30.3 Å². The molecule has 1 amide bonds. The summed E-state index contributed by atoms with van der Waals surface area (Å²) in [5.74, 6) is -0.609. The number of morpholine rings is 1. The minimum absolute atomic E-state index is 0.173. The van der Waals surface area contributed by atoms with Gasteiger partial charge >= 0.3 is 0 Å². The summed E-state index contributed by atoms with van der Waals surface area (Å²) >= 11 is 0. The molecule has 1 N–H and O–H groups in total. The molecule has 6 nitrogen and oxygen atoms in total. The highest BCUT2D eigenvalue weighted by Gasteiger charge is 2.23. The van der Waals surface area contributed by atoms with Gasteiger partial charge in [0, 0.05) is 19.6 Å². The zero-order chi connectivity index (χ0) is 20.9. The fourth-order valence-electron chi connectivity index (χ4n) is 3.70. The van der Waals surface area contributed by atoms with Gasteiger partial charge < -0.3 is 10.1 Å². The molecule has 4 rings (SSSR count). The van der Waals surface area contributed by atoms with Crippen molar-refractivity contribution in [2.45, 2.75) is 13.0 Å². The number of nitrogens with one attached hydrogen (secondary N) is 1. The minimum atomic E-state index is -0.384. The van der Waals surface area contributed by atoms with Crippen LogP contribution in [-0.2, 0) is 4.74 Å².